The molecule has 0 saturated heterocycles. The number of esters is 2. The Labute approximate surface area is 171 Å². The SMILES string of the molecule is CC(N)N(CC(=O)Oc1cccc2ccccc12)NCC(=O)OC1CCCCC1. The van der Waals surface area contributed by atoms with Crippen molar-refractivity contribution < 1.29 is 19.1 Å². The highest BCUT2D eigenvalue weighted by molar-refractivity contribution is 5.90. The van der Waals surface area contributed by atoms with E-state index in [2.05, 4.69) is 5.43 Å². The molecule has 7 heteroatoms. The molecule has 0 radical (unpaired) electrons. The average molecular weight is 399 g/mol. The van der Waals surface area contributed by atoms with Gasteiger partial charge in [-0.3, -0.25) is 9.59 Å². The Bertz CT molecular complexity index is 828. The summed E-state index contributed by atoms with van der Waals surface area (Å²) in [5, 5.41) is 3.33. The van der Waals surface area contributed by atoms with Crippen molar-refractivity contribution in [2.45, 2.75) is 51.3 Å². The molecular weight excluding hydrogens is 370 g/mol. The van der Waals surface area contributed by atoms with Crippen LogP contribution in [0.3, 0.4) is 0 Å². The van der Waals surface area contributed by atoms with Gasteiger partial charge >= 0.3 is 11.9 Å². The number of hydrogen-bond acceptors (Lipinski definition) is 7. The van der Waals surface area contributed by atoms with Crippen LogP contribution in [0.1, 0.15) is 39.0 Å². The predicted octanol–water partition coefficient (Wildman–Crippen LogP) is 2.73. The summed E-state index contributed by atoms with van der Waals surface area (Å²) >= 11 is 0. The van der Waals surface area contributed by atoms with Gasteiger partial charge in [-0.05, 0) is 44.1 Å². The highest BCUT2D eigenvalue weighted by Gasteiger charge is 2.20. The monoisotopic (exact) mass is 399 g/mol. The van der Waals surface area contributed by atoms with Crippen LogP contribution in [-0.4, -0.2) is 42.3 Å². The van der Waals surface area contributed by atoms with Crippen molar-refractivity contribution in [3.8, 4) is 5.75 Å². The van der Waals surface area contributed by atoms with Gasteiger partial charge in [-0.1, -0.05) is 42.8 Å². The first-order valence-electron chi connectivity index (χ1n) is 10.2. The van der Waals surface area contributed by atoms with Gasteiger partial charge < -0.3 is 15.2 Å². The first-order valence-corrected chi connectivity index (χ1v) is 10.2. The topological polar surface area (TPSA) is 93.9 Å². The molecule has 0 heterocycles. The van der Waals surface area contributed by atoms with Crippen LogP contribution >= 0.6 is 0 Å². The molecule has 2 aromatic rings. The number of rotatable bonds is 8. The van der Waals surface area contributed by atoms with Crippen LogP contribution in [0, 0.1) is 0 Å². The molecule has 156 valence electrons. The largest absolute Gasteiger partial charge is 0.461 e. The van der Waals surface area contributed by atoms with E-state index in [0.717, 1.165) is 36.5 Å². The quantitative estimate of drug-likeness (QED) is 0.305. The molecule has 1 saturated carbocycles. The molecule has 0 amide bonds. The number of ether oxygens (including phenoxy) is 2. The number of carbonyl (C=O) groups excluding carboxylic acids is 2. The fraction of sp³-hybridized carbons (Fsp3) is 0.455. The van der Waals surface area contributed by atoms with E-state index in [-0.39, 0.29) is 25.2 Å². The van der Waals surface area contributed by atoms with Gasteiger partial charge in [-0.25, -0.2) is 10.4 Å². The van der Waals surface area contributed by atoms with E-state index in [1.165, 1.54) is 11.4 Å². The molecule has 1 unspecified atom stereocenters. The summed E-state index contributed by atoms with van der Waals surface area (Å²) in [7, 11) is 0. The van der Waals surface area contributed by atoms with Gasteiger partial charge in [0.2, 0.25) is 0 Å². The van der Waals surface area contributed by atoms with Crippen LogP contribution in [0.4, 0.5) is 0 Å². The Morgan fingerprint density at radius 3 is 2.59 bits per heavy atom. The second-order valence-corrected chi connectivity index (χ2v) is 7.40. The molecule has 2 aromatic carbocycles. The third-order valence-corrected chi connectivity index (χ3v) is 5.04. The van der Waals surface area contributed by atoms with Gasteiger partial charge in [-0.15, -0.1) is 0 Å². The first kappa shape index (κ1) is 21.2. The maximum Gasteiger partial charge on any atom is 0.327 e. The van der Waals surface area contributed by atoms with Crippen LogP contribution in [0.2, 0.25) is 0 Å². The number of fused-ring (bicyclic) bond motifs is 1. The van der Waals surface area contributed by atoms with Crippen LogP contribution in [0.15, 0.2) is 42.5 Å². The average Bonchev–Trinajstić information content (AvgIpc) is 2.72. The molecule has 3 rings (SSSR count). The van der Waals surface area contributed by atoms with Gasteiger partial charge in [0.05, 0.1) is 6.17 Å². The van der Waals surface area contributed by atoms with Gasteiger partial charge in [0.15, 0.2) is 0 Å². The Hall–Kier alpha value is -2.48. The van der Waals surface area contributed by atoms with Gasteiger partial charge in [-0.2, -0.15) is 0 Å². The zero-order chi connectivity index (χ0) is 20.6. The van der Waals surface area contributed by atoms with Crippen molar-refractivity contribution in [2.75, 3.05) is 13.1 Å². The van der Waals surface area contributed by atoms with Crippen molar-refractivity contribution >= 4 is 22.7 Å². The summed E-state index contributed by atoms with van der Waals surface area (Å²) in [6.07, 6.45) is 4.73. The number of nitrogens with two attached hydrogens (primary N) is 1. The lowest BCUT2D eigenvalue weighted by Gasteiger charge is -2.26. The second kappa shape index (κ2) is 10.3. The van der Waals surface area contributed by atoms with Gasteiger partial charge in [0.1, 0.15) is 24.9 Å². The van der Waals surface area contributed by atoms with E-state index in [0.29, 0.717) is 5.75 Å². The van der Waals surface area contributed by atoms with Gasteiger partial charge in [0.25, 0.3) is 0 Å². The highest BCUT2D eigenvalue weighted by Crippen LogP contribution is 2.25. The Balaban J connectivity index is 1.52. The van der Waals surface area contributed by atoms with E-state index in [9.17, 15) is 9.59 Å². The zero-order valence-corrected chi connectivity index (χ0v) is 16.8. The maximum atomic E-state index is 12.5. The summed E-state index contributed by atoms with van der Waals surface area (Å²) < 4.78 is 11.0. The fourth-order valence-electron chi connectivity index (χ4n) is 3.50. The smallest absolute Gasteiger partial charge is 0.327 e. The van der Waals surface area contributed by atoms with Crippen molar-refractivity contribution in [1.29, 1.82) is 0 Å². The molecule has 0 aliphatic heterocycles. The molecule has 3 N–H and O–H groups in total. The Kier molecular flexibility index (Phi) is 7.57. The van der Waals surface area contributed by atoms with E-state index in [1.54, 1.807) is 13.0 Å². The zero-order valence-electron chi connectivity index (χ0n) is 16.8. The predicted molar refractivity (Wildman–Crippen MR) is 111 cm³/mol. The Morgan fingerprint density at radius 1 is 1.10 bits per heavy atom. The third-order valence-electron chi connectivity index (χ3n) is 5.04. The molecule has 1 atom stereocenters. The van der Waals surface area contributed by atoms with Crippen LogP contribution in [-0.2, 0) is 14.3 Å². The van der Waals surface area contributed by atoms with E-state index in [4.69, 9.17) is 15.2 Å². The van der Waals surface area contributed by atoms with Gasteiger partial charge in [0, 0.05) is 5.39 Å². The van der Waals surface area contributed by atoms with Crippen molar-refractivity contribution in [3.05, 3.63) is 42.5 Å². The van der Waals surface area contributed by atoms with Crippen LogP contribution in [0.25, 0.3) is 10.8 Å². The number of hydrogen-bond donors (Lipinski definition) is 2. The van der Waals surface area contributed by atoms with Crippen LogP contribution < -0.4 is 15.9 Å². The van der Waals surface area contributed by atoms with Crippen molar-refractivity contribution in [3.63, 3.8) is 0 Å². The molecule has 0 bridgehead atoms. The normalized spacial score (nSPS) is 16.0. The molecule has 0 aromatic heterocycles. The molecule has 1 fully saturated rings. The summed E-state index contributed by atoms with van der Waals surface area (Å²) in [5.41, 5.74) is 8.84. The minimum Gasteiger partial charge on any atom is -0.461 e. The fourth-order valence-corrected chi connectivity index (χ4v) is 3.50. The van der Waals surface area contributed by atoms with E-state index < -0.39 is 12.1 Å². The van der Waals surface area contributed by atoms with Crippen molar-refractivity contribution in [1.82, 2.24) is 10.4 Å². The van der Waals surface area contributed by atoms with E-state index in [1.807, 2.05) is 36.4 Å². The molecule has 29 heavy (non-hydrogen) atoms. The molecule has 1 aliphatic carbocycles. The number of nitrogens with one attached hydrogen (secondary N) is 1. The van der Waals surface area contributed by atoms with E-state index >= 15 is 0 Å². The second-order valence-electron chi connectivity index (χ2n) is 7.40. The maximum absolute atomic E-state index is 12.5. The molecule has 0 spiro atoms. The minimum atomic E-state index is -0.488. The summed E-state index contributed by atoms with van der Waals surface area (Å²) in [6.45, 7) is 1.59. The number of hydrazine groups is 1. The molecule has 7 nitrogen and oxygen atoms in total. The lowest BCUT2D eigenvalue weighted by atomic mass is 9.98. The highest BCUT2D eigenvalue weighted by atomic mass is 16.5. The summed E-state index contributed by atoms with van der Waals surface area (Å²) in [4.78, 5) is 24.6. The third kappa shape index (κ3) is 6.25. The number of benzene rings is 2. The minimum absolute atomic E-state index is 0.00173. The van der Waals surface area contributed by atoms with Crippen molar-refractivity contribution in [2.24, 2.45) is 5.73 Å². The Morgan fingerprint density at radius 2 is 1.83 bits per heavy atom. The van der Waals surface area contributed by atoms with Crippen LogP contribution in [0.5, 0.6) is 5.75 Å². The first-order chi connectivity index (χ1) is 14.0. The number of carbonyl (C=O) groups is 2. The summed E-state index contributed by atoms with van der Waals surface area (Å²) in [5.74, 6) is -0.314. The standard InChI is InChI=1S/C22H29N3O4/c1-16(23)25(24-14-21(26)28-18-10-3-2-4-11-18)15-22(27)29-20-13-7-9-17-8-5-6-12-19(17)20/h5-9,12-13,16,18,24H,2-4,10-11,14-15,23H2,1H3. The lowest BCUT2D eigenvalue weighted by Crippen LogP contribution is -2.53. The molecular formula is C22H29N3O4. The number of nitrogens with zero attached hydrogens (tertiary/aromatic N) is 1. The molecule has 1 aliphatic rings. The summed E-state index contributed by atoms with van der Waals surface area (Å²) in [6, 6.07) is 13.2. The lowest BCUT2D eigenvalue weighted by molar-refractivity contribution is -0.151.